The lowest BCUT2D eigenvalue weighted by Gasteiger charge is -2.02. The van der Waals surface area contributed by atoms with Crippen LogP contribution in [-0.2, 0) is 0 Å². The molecule has 0 saturated heterocycles. The molecule has 0 spiro atoms. The Hall–Kier alpha value is -3.55. The first-order chi connectivity index (χ1) is 11.7. The van der Waals surface area contributed by atoms with E-state index in [0.717, 1.165) is 0 Å². The summed E-state index contributed by atoms with van der Waals surface area (Å²) in [6, 6.07) is 18.3. The predicted octanol–water partition coefficient (Wildman–Crippen LogP) is 2.26. The van der Waals surface area contributed by atoms with Crippen molar-refractivity contribution in [3.8, 4) is 12.1 Å². The summed E-state index contributed by atoms with van der Waals surface area (Å²) in [7, 11) is 0. The Morgan fingerprint density at radius 3 is 1.67 bits per heavy atom. The predicted molar refractivity (Wildman–Crippen MR) is 96.4 cm³/mol. The third-order valence-corrected chi connectivity index (χ3v) is 3.08. The summed E-state index contributed by atoms with van der Waals surface area (Å²) in [6.45, 7) is 0. The van der Waals surface area contributed by atoms with E-state index in [2.05, 4.69) is 33.2 Å². The summed E-state index contributed by atoms with van der Waals surface area (Å²) >= 11 is 5.03. The van der Waals surface area contributed by atoms with E-state index in [1.807, 2.05) is 12.1 Å². The molecule has 2 aromatic rings. The van der Waals surface area contributed by atoms with E-state index < -0.39 is 0 Å². The van der Waals surface area contributed by atoms with Crippen LogP contribution >= 0.6 is 12.2 Å². The van der Waals surface area contributed by atoms with Gasteiger partial charge in [0.15, 0.2) is 0 Å². The zero-order valence-electron chi connectivity index (χ0n) is 12.5. The smallest absolute Gasteiger partial charge is 0.207 e. The van der Waals surface area contributed by atoms with Crippen LogP contribution in [0.5, 0.6) is 0 Å². The molecule has 2 rings (SSSR count). The van der Waals surface area contributed by atoms with Crippen LogP contribution in [-0.4, -0.2) is 17.5 Å². The zero-order chi connectivity index (χ0) is 17.2. The molecule has 0 aliphatic carbocycles. The van der Waals surface area contributed by atoms with E-state index in [0.29, 0.717) is 22.3 Å². The van der Waals surface area contributed by atoms with Crippen molar-refractivity contribution in [1.29, 1.82) is 10.5 Å². The Kier molecular flexibility index (Phi) is 6.16. The minimum absolute atomic E-state index is 0.186. The Morgan fingerprint density at radius 1 is 0.833 bits per heavy atom. The molecule has 2 aromatic carbocycles. The van der Waals surface area contributed by atoms with Gasteiger partial charge in [0, 0.05) is 11.1 Å². The number of benzene rings is 2. The van der Waals surface area contributed by atoms with Gasteiger partial charge in [0.05, 0.1) is 35.7 Å². The summed E-state index contributed by atoms with van der Waals surface area (Å²) in [4.78, 5) is 0. The van der Waals surface area contributed by atoms with Crippen LogP contribution in [0.2, 0.25) is 0 Å². The Labute approximate surface area is 144 Å². The number of thiocarbonyl (C=S) groups is 1. The first kappa shape index (κ1) is 16.8. The average molecular weight is 332 g/mol. The maximum absolute atomic E-state index is 8.98. The van der Waals surface area contributed by atoms with Gasteiger partial charge >= 0.3 is 0 Å². The van der Waals surface area contributed by atoms with Gasteiger partial charge in [0.2, 0.25) is 5.11 Å². The van der Waals surface area contributed by atoms with Gasteiger partial charge in [-0.3, -0.25) is 10.9 Å². The topological polar surface area (TPSA) is 96.4 Å². The third kappa shape index (κ3) is 4.73. The second kappa shape index (κ2) is 8.79. The fourth-order valence-electron chi connectivity index (χ4n) is 1.77. The SMILES string of the molecule is N#Cc1ccccc1/C=N/NC(=S)N/N=C/c1ccccc1C#N. The lowest BCUT2D eigenvalue weighted by molar-refractivity contribution is 0.934. The Bertz CT molecular complexity index is 802. The van der Waals surface area contributed by atoms with E-state index >= 15 is 0 Å². The molecular weight excluding hydrogens is 320 g/mol. The monoisotopic (exact) mass is 332 g/mol. The van der Waals surface area contributed by atoms with Gasteiger partial charge in [0.1, 0.15) is 0 Å². The van der Waals surface area contributed by atoms with E-state index in [1.54, 1.807) is 36.4 Å². The van der Waals surface area contributed by atoms with Crippen molar-refractivity contribution < 1.29 is 0 Å². The van der Waals surface area contributed by atoms with Gasteiger partial charge in [-0.15, -0.1) is 0 Å². The number of hydrogen-bond acceptors (Lipinski definition) is 5. The van der Waals surface area contributed by atoms with Crippen molar-refractivity contribution in [2.45, 2.75) is 0 Å². The van der Waals surface area contributed by atoms with Crippen LogP contribution in [0.1, 0.15) is 22.3 Å². The highest BCUT2D eigenvalue weighted by Crippen LogP contribution is 2.04. The number of hydrogen-bond donors (Lipinski definition) is 2. The molecule has 0 radical (unpaired) electrons. The minimum atomic E-state index is 0.186. The molecule has 0 aliphatic heterocycles. The van der Waals surface area contributed by atoms with Gasteiger partial charge in [-0.25, -0.2) is 0 Å². The standard InChI is InChI=1S/C17H12N6S/c18-9-13-5-1-3-7-15(13)11-20-22-17(24)23-21-12-16-8-4-2-6-14(16)10-19/h1-8,11-12H,(H2,22,23,24)/b20-11+,21-12+. The van der Waals surface area contributed by atoms with Crippen LogP contribution in [0, 0.1) is 22.7 Å². The van der Waals surface area contributed by atoms with E-state index in [1.165, 1.54) is 12.4 Å². The van der Waals surface area contributed by atoms with Gasteiger partial charge in [-0.1, -0.05) is 36.4 Å². The van der Waals surface area contributed by atoms with Crippen LogP contribution in [0.15, 0.2) is 58.7 Å². The van der Waals surface area contributed by atoms with Crippen LogP contribution in [0.4, 0.5) is 0 Å². The quantitative estimate of drug-likeness (QED) is 0.508. The number of nitrogens with one attached hydrogen (secondary N) is 2. The van der Waals surface area contributed by atoms with Gasteiger partial charge in [-0.05, 0) is 24.4 Å². The molecule has 0 bridgehead atoms. The fourth-order valence-corrected chi connectivity index (χ4v) is 1.87. The molecule has 0 atom stereocenters. The van der Waals surface area contributed by atoms with E-state index in [-0.39, 0.29) is 5.11 Å². The molecule has 116 valence electrons. The summed E-state index contributed by atoms with van der Waals surface area (Å²) in [5.41, 5.74) is 7.60. The first-order valence-corrected chi connectivity index (χ1v) is 7.26. The van der Waals surface area contributed by atoms with Crippen molar-refractivity contribution in [2.24, 2.45) is 10.2 Å². The van der Waals surface area contributed by atoms with Crippen LogP contribution in [0.3, 0.4) is 0 Å². The average Bonchev–Trinajstić information content (AvgIpc) is 2.62. The van der Waals surface area contributed by atoms with E-state index in [9.17, 15) is 0 Å². The lowest BCUT2D eigenvalue weighted by atomic mass is 10.1. The van der Waals surface area contributed by atoms with Crippen molar-refractivity contribution in [1.82, 2.24) is 10.9 Å². The number of rotatable bonds is 4. The molecule has 0 saturated carbocycles. The van der Waals surface area contributed by atoms with Crippen LogP contribution in [0.25, 0.3) is 0 Å². The van der Waals surface area contributed by atoms with Gasteiger partial charge < -0.3 is 0 Å². The third-order valence-electron chi connectivity index (χ3n) is 2.90. The number of nitriles is 2. The van der Waals surface area contributed by atoms with Crippen LogP contribution < -0.4 is 10.9 Å². The van der Waals surface area contributed by atoms with Crippen molar-refractivity contribution in [3.05, 3.63) is 70.8 Å². The normalized spacial score (nSPS) is 10.2. The summed E-state index contributed by atoms with van der Waals surface area (Å²) in [5, 5.41) is 26.1. The second-order valence-corrected chi connectivity index (χ2v) is 4.88. The molecule has 6 nitrogen and oxygen atoms in total. The maximum atomic E-state index is 8.98. The molecular formula is C17H12N6S. The molecule has 2 N–H and O–H groups in total. The van der Waals surface area contributed by atoms with Gasteiger partial charge in [-0.2, -0.15) is 20.7 Å². The lowest BCUT2D eigenvalue weighted by Crippen LogP contribution is -2.28. The molecule has 24 heavy (non-hydrogen) atoms. The molecule has 0 fully saturated rings. The Morgan fingerprint density at radius 2 is 1.25 bits per heavy atom. The highest BCUT2D eigenvalue weighted by molar-refractivity contribution is 7.80. The molecule has 7 heteroatoms. The highest BCUT2D eigenvalue weighted by atomic mass is 32.1. The van der Waals surface area contributed by atoms with Crippen molar-refractivity contribution >= 4 is 29.8 Å². The Balaban J connectivity index is 1.90. The summed E-state index contributed by atoms with van der Waals surface area (Å²) < 4.78 is 0. The molecule has 0 heterocycles. The van der Waals surface area contributed by atoms with E-state index in [4.69, 9.17) is 22.7 Å². The molecule has 0 amide bonds. The van der Waals surface area contributed by atoms with Crippen molar-refractivity contribution in [3.63, 3.8) is 0 Å². The zero-order valence-corrected chi connectivity index (χ0v) is 13.3. The molecule has 0 unspecified atom stereocenters. The summed E-state index contributed by atoms with van der Waals surface area (Å²) in [5.74, 6) is 0. The molecule has 0 aliphatic rings. The fraction of sp³-hybridized carbons (Fsp3) is 0. The molecule has 0 aromatic heterocycles. The number of hydrazone groups is 2. The minimum Gasteiger partial charge on any atom is -0.252 e. The number of nitrogens with zero attached hydrogens (tertiary/aromatic N) is 4. The largest absolute Gasteiger partial charge is 0.252 e. The summed E-state index contributed by atoms with van der Waals surface area (Å²) in [6.07, 6.45) is 3.00. The highest BCUT2D eigenvalue weighted by Gasteiger charge is 1.98. The van der Waals surface area contributed by atoms with Crippen molar-refractivity contribution in [2.75, 3.05) is 0 Å². The first-order valence-electron chi connectivity index (χ1n) is 6.85. The maximum Gasteiger partial charge on any atom is 0.207 e. The van der Waals surface area contributed by atoms with Gasteiger partial charge in [0.25, 0.3) is 0 Å². The second-order valence-electron chi connectivity index (χ2n) is 4.47.